The van der Waals surface area contributed by atoms with Crippen LogP contribution < -0.4 is 0 Å². The summed E-state index contributed by atoms with van der Waals surface area (Å²) < 4.78 is 6.82. The molecule has 0 aliphatic heterocycles. The Bertz CT molecular complexity index is 1220. The first-order chi connectivity index (χ1) is 15.1. The van der Waals surface area contributed by atoms with Gasteiger partial charge in [-0.25, -0.2) is 9.48 Å². The molecule has 1 aromatic heterocycles. The SMILES string of the molecule is CCOC(=O)c1nn(-c2ccc(Cl)cc2)c(-c2ccccc2)c1C(=O)c1ccccc1. The highest BCUT2D eigenvalue weighted by molar-refractivity contribution is 6.30. The molecule has 0 atom stereocenters. The van der Waals surface area contributed by atoms with Crippen molar-refractivity contribution in [3.05, 3.63) is 107 Å². The van der Waals surface area contributed by atoms with Crippen LogP contribution >= 0.6 is 11.6 Å². The third-order valence-electron chi connectivity index (χ3n) is 4.74. The number of nitrogens with zero attached hydrogens (tertiary/aromatic N) is 2. The summed E-state index contributed by atoms with van der Waals surface area (Å²) in [6, 6.07) is 25.2. The first kappa shape index (κ1) is 20.6. The molecule has 0 amide bonds. The van der Waals surface area contributed by atoms with Crippen molar-refractivity contribution in [1.29, 1.82) is 0 Å². The number of carbonyl (C=O) groups excluding carboxylic acids is 2. The molecule has 0 aliphatic rings. The van der Waals surface area contributed by atoms with Crippen LogP contribution in [0.5, 0.6) is 0 Å². The minimum absolute atomic E-state index is 0.0236. The minimum Gasteiger partial charge on any atom is -0.461 e. The van der Waals surface area contributed by atoms with Crippen molar-refractivity contribution >= 4 is 23.4 Å². The molecule has 4 rings (SSSR count). The molecule has 4 aromatic rings. The smallest absolute Gasteiger partial charge is 0.359 e. The third-order valence-corrected chi connectivity index (χ3v) is 4.99. The van der Waals surface area contributed by atoms with E-state index >= 15 is 0 Å². The van der Waals surface area contributed by atoms with Gasteiger partial charge < -0.3 is 4.74 Å². The van der Waals surface area contributed by atoms with Crippen LogP contribution in [-0.4, -0.2) is 28.1 Å². The van der Waals surface area contributed by atoms with E-state index in [0.29, 0.717) is 22.0 Å². The summed E-state index contributed by atoms with van der Waals surface area (Å²) in [5.74, 6) is -0.950. The molecule has 5 nitrogen and oxygen atoms in total. The number of carbonyl (C=O) groups is 2. The van der Waals surface area contributed by atoms with E-state index in [1.807, 2.05) is 36.4 Å². The Hall–Kier alpha value is -3.70. The number of ketones is 1. The van der Waals surface area contributed by atoms with Gasteiger partial charge in [0.25, 0.3) is 0 Å². The number of ether oxygens (including phenoxy) is 1. The number of rotatable bonds is 6. The van der Waals surface area contributed by atoms with Crippen molar-refractivity contribution in [3.63, 3.8) is 0 Å². The summed E-state index contributed by atoms with van der Waals surface area (Å²) in [7, 11) is 0. The van der Waals surface area contributed by atoms with Gasteiger partial charge in [-0.05, 0) is 31.2 Å². The minimum atomic E-state index is -0.647. The highest BCUT2D eigenvalue weighted by Gasteiger charge is 2.30. The second-order valence-electron chi connectivity index (χ2n) is 6.74. The second kappa shape index (κ2) is 8.98. The van der Waals surface area contributed by atoms with E-state index in [4.69, 9.17) is 16.3 Å². The number of hydrogen-bond donors (Lipinski definition) is 0. The summed E-state index contributed by atoms with van der Waals surface area (Å²) in [6.45, 7) is 1.89. The molecular weight excluding hydrogens is 412 g/mol. The molecular formula is C25H19ClN2O3. The molecule has 0 radical (unpaired) electrons. The van der Waals surface area contributed by atoms with Crippen molar-refractivity contribution in [1.82, 2.24) is 9.78 Å². The number of hydrogen-bond acceptors (Lipinski definition) is 4. The first-order valence-corrected chi connectivity index (χ1v) is 10.2. The van der Waals surface area contributed by atoms with Gasteiger partial charge >= 0.3 is 5.97 Å². The monoisotopic (exact) mass is 430 g/mol. The summed E-state index contributed by atoms with van der Waals surface area (Å²) in [6.07, 6.45) is 0. The van der Waals surface area contributed by atoms with Gasteiger partial charge in [0.05, 0.1) is 23.6 Å². The lowest BCUT2D eigenvalue weighted by Crippen LogP contribution is -2.12. The van der Waals surface area contributed by atoms with Crippen molar-refractivity contribution < 1.29 is 14.3 Å². The Labute approximate surface area is 184 Å². The standard InChI is InChI=1S/C25H19ClN2O3/c1-2-31-25(30)22-21(24(29)18-11-7-4-8-12-18)23(17-9-5-3-6-10-17)28(27-22)20-15-13-19(26)14-16-20/h3-16H,2H2,1H3. The normalized spacial score (nSPS) is 10.6. The molecule has 0 bridgehead atoms. The number of aromatic nitrogens is 2. The molecule has 31 heavy (non-hydrogen) atoms. The first-order valence-electron chi connectivity index (χ1n) is 9.81. The fourth-order valence-corrected chi connectivity index (χ4v) is 3.47. The van der Waals surface area contributed by atoms with E-state index in [0.717, 1.165) is 5.56 Å². The van der Waals surface area contributed by atoms with Crippen LogP contribution in [0.25, 0.3) is 16.9 Å². The fraction of sp³-hybridized carbons (Fsp3) is 0.0800. The highest BCUT2D eigenvalue weighted by atomic mass is 35.5. The van der Waals surface area contributed by atoms with E-state index in [2.05, 4.69) is 5.10 Å². The van der Waals surface area contributed by atoms with Gasteiger partial charge in [-0.15, -0.1) is 0 Å². The van der Waals surface area contributed by atoms with Crippen LogP contribution in [0.15, 0.2) is 84.9 Å². The van der Waals surface area contributed by atoms with Crippen molar-refractivity contribution in [2.45, 2.75) is 6.92 Å². The summed E-state index contributed by atoms with van der Waals surface area (Å²) in [5, 5.41) is 5.10. The van der Waals surface area contributed by atoms with Gasteiger partial charge in [-0.3, -0.25) is 4.79 Å². The van der Waals surface area contributed by atoms with Crippen molar-refractivity contribution in [3.8, 4) is 16.9 Å². The number of esters is 1. The molecule has 0 unspecified atom stereocenters. The topological polar surface area (TPSA) is 61.2 Å². The van der Waals surface area contributed by atoms with Crippen LogP contribution in [0.1, 0.15) is 33.3 Å². The third kappa shape index (κ3) is 4.13. The Kier molecular flexibility index (Phi) is 5.96. The predicted octanol–water partition coefficient (Wildman–Crippen LogP) is 5.60. The van der Waals surface area contributed by atoms with Gasteiger partial charge in [0.1, 0.15) is 0 Å². The molecule has 0 saturated carbocycles. The Morgan fingerprint density at radius 3 is 2.13 bits per heavy atom. The van der Waals surface area contributed by atoms with Crippen molar-refractivity contribution in [2.75, 3.05) is 6.61 Å². The lowest BCUT2D eigenvalue weighted by atomic mass is 9.97. The molecule has 154 valence electrons. The Balaban J connectivity index is 2.03. The zero-order chi connectivity index (χ0) is 21.8. The zero-order valence-electron chi connectivity index (χ0n) is 16.8. The molecule has 6 heteroatoms. The summed E-state index contributed by atoms with van der Waals surface area (Å²) in [4.78, 5) is 26.4. The molecule has 3 aromatic carbocycles. The number of benzene rings is 3. The second-order valence-corrected chi connectivity index (χ2v) is 7.18. The van der Waals surface area contributed by atoms with Gasteiger partial charge in [-0.1, -0.05) is 72.3 Å². The average molecular weight is 431 g/mol. The fourth-order valence-electron chi connectivity index (χ4n) is 3.34. The van der Waals surface area contributed by atoms with Gasteiger partial charge in [0, 0.05) is 16.1 Å². The van der Waals surface area contributed by atoms with E-state index in [-0.39, 0.29) is 23.6 Å². The largest absolute Gasteiger partial charge is 0.461 e. The van der Waals surface area contributed by atoms with Crippen LogP contribution in [0.4, 0.5) is 0 Å². The van der Waals surface area contributed by atoms with E-state index in [1.54, 1.807) is 60.1 Å². The van der Waals surface area contributed by atoms with Crippen LogP contribution in [-0.2, 0) is 4.74 Å². The van der Waals surface area contributed by atoms with E-state index < -0.39 is 5.97 Å². The quantitative estimate of drug-likeness (QED) is 0.295. The molecule has 0 fully saturated rings. The zero-order valence-corrected chi connectivity index (χ0v) is 17.5. The maximum atomic E-state index is 13.6. The summed E-state index contributed by atoms with van der Waals surface area (Å²) in [5.41, 5.74) is 2.57. The molecule has 0 saturated heterocycles. The molecule has 1 heterocycles. The van der Waals surface area contributed by atoms with E-state index in [1.165, 1.54) is 0 Å². The maximum Gasteiger partial charge on any atom is 0.359 e. The van der Waals surface area contributed by atoms with Gasteiger partial charge in [0.2, 0.25) is 0 Å². The molecule has 0 spiro atoms. The van der Waals surface area contributed by atoms with Crippen molar-refractivity contribution in [2.24, 2.45) is 0 Å². The maximum absolute atomic E-state index is 13.6. The van der Waals surface area contributed by atoms with Gasteiger partial charge in [0.15, 0.2) is 11.5 Å². The van der Waals surface area contributed by atoms with Crippen LogP contribution in [0.2, 0.25) is 5.02 Å². The van der Waals surface area contributed by atoms with E-state index in [9.17, 15) is 9.59 Å². The summed E-state index contributed by atoms with van der Waals surface area (Å²) >= 11 is 6.06. The molecule has 0 aliphatic carbocycles. The van der Waals surface area contributed by atoms with Gasteiger partial charge in [-0.2, -0.15) is 5.10 Å². The number of halogens is 1. The van der Waals surface area contributed by atoms with Crippen LogP contribution in [0, 0.1) is 0 Å². The highest BCUT2D eigenvalue weighted by Crippen LogP contribution is 2.32. The molecule has 0 N–H and O–H groups in total. The lowest BCUT2D eigenvalue weighted by molar-refractivity contribution is 0.0516. The lowest BCUT2D eigenvalue weighted by Gasteiger charge is -2.10. The van der Waals surface area contributed by atoms with Crippen LogP contribution in [0.3, 0.4) is 0 Å². The average Bonchev–Trinajstić information content (AvgIpc) is 3.21. The predicted molar refractivity (Wildman–Crippen MR) is 120 cm³/mol. The Morgan fingerprint density at radius 1 is 0.903 bits per heavy atom. The Morgan fingerprint density at radius 2 is 1.52 bits per heavy atom.